The van der Waals surface area contributed by atoms with E-state index in [1.807, 2.05) is 13.8 Å². The summed E-state index contributed by atoms with van der Waals surface area (Å²) in [5, 5.41) is 0.469. The minimum atomic E-state index is -0.847. The molecule has 7 nitrogen and oxygen atoms in total. The summed E-state index contributed by atoms with van der Waals surface area (Å²) in [5.41, 5.74) is 0.528. The van der Waals surface area contributed by atoms with Gasteiger partial charge in [0.15, 0.2) is 0 Å². The number of imide groups is 1. The van der Waals surface area contributed by atoms with Gasteiger partial charge in [0.05, 0.1) is 22.8 Å². The smallest absolute Gasteiger partial charge is 0.364 e. The number of hydrogen-bond acceptors (Lipinski definition) is 6. The third-order valence-corrected chi connectivity index (χ3v) is 3.26. The highest BCUT2D eigenvalue weighted by atomic mass is 16.7. The molecule has 1 aromatic carbocycles. The van der Waals surface area contributed by atoms with Crippen LogP contribution >= 0.6 is 0 Å². The van der Waals surface area contributed by atoms with Crippen LogP contribution in [0.1, 0.15) is 44.9 Å². The molecule has 0 aliphatic carbocycles. The molecule has 0 saturated carbocycles. The number of carbonyl (C=O) groups excluding carboxylic acids is 3. The normalized spacial score (nSPS) is 13.2. The van der Waals surface area contributed by atoms with Crippen molar-refractivity contribution in [2.24, 2.45) is 0 Å². The van der Waals surface area contributed by atoms with Crippen LogP contribution < -0.4 is 4.74 Å². The third kappa shape index (κ3) is 2.83. The van der Waals surface area contributed by atoms with Crippen LogP contribution in [0.25, 0.3) is 0 Å². The molecule has 1 aliphatic heterocycles. The molecule has 24 heavy (non-hydrogen) atoms. The minimum Gasteiger partial charge on any atom is -0.475 e. The van der Waals surface area contributed by atoms with Gasteiger partial charge in [0.2, 0.25) is 5.88 Å². The molecule has 2 amide bonds. The Balaban J connectivity index is 1.79. The number of carbonyl (C=O) groups is 3. The first-order valence-corrected chi connectivity index (χ1v) is 7.30. The number of fused-ring (bicyclic) bond motifs is 1. The van der Waals surface area contributed by atoms with Gasteiger partial charge in [-0.15, -0.1) is 0 Å². The Labute approximate surface area is 137 Å². The summed E-state index contributed by atoms with van der Waals surface area (Å²) >= 11 is 0. The van der Waals surface area contributed by atoms with Crippen molar-refractivity contribution in [3.05, 3.63) is 59.3 Å². The number of ether oxygens (including phenoxy) is 1. The molecular formula is C17H14N2O5. The molecule has 122 valence electrons. The van der Waals surface area contributed by atoms with Crippen LogP contribution in [0.4, 0.5) is 0 Å². The van der Waals surface area contributed by atoms with Crippen LogP contribution in [0, 0.1) is 0 Å². The number of hydrogen-bond donors (Lipinski definition) is 0. The molecule has 2 heterocycles. The zero-order chi connectivity index (χ0) is 17.3. The third-order valence-electron chi connectivity index (χ3n) is 3.26. The van der Waals surface area contributed by atoms with E-state index in [2.05, 4.69) is 4.98 Å². The van der Waals surface area contributed by atoms with Crippen molar-refractivity contribution in [1.29, 1.82) is 0 Å². The van der Waals surface area contributed by atoms with Crippen LogP contribution in [0.15, 0.2) is 42.6 Å². The second kappa shape index (κ2) is 6.11. The molecule has 2 aromatic rings. The fraction of sp³-hybridized carbons (Fsp3) is 0.176. The Morgan fingerprint density at radius 2 is 1.71 bits per heavy atom. The van der Waals surface area contributed by atoms with Gasteiger partial charge in [-0.2, -0.15) is 0 Å². The standard InChI is InChI=1S/C17H14N2O5/c1-10(2)23-14-9-11(7-8-18-14)17(22)24-19-15(20)12-5-3-4-6-13(12)16(19)21/h3-10H,1-2H3. The van der Waals surface area contributed by atoms with Crippen LogP contribution in [0.3, 0.4) is 0 Å². The number of nitrogens with zero attached hydrogens (tertiary/aromatic N) is 2. The lowest BCUT2D eigenvalue weighted by Gasteiger charge is -2.13. The van der Waals surface area contributed by atoms with Gasteiger partial charge < -0.3 is 9.57 Å². The molecule has 0 saturated heterocycles. The summed E-state index contributed by atoms with van der Waals surface area (Å²) in [4.78, 5) is 45.5. The highest BCUT2D eigenvalue weighted by Gasteiger charge is 2.38. The van der Waals surface area contributed by atoms with E-state index in [-0.39, 0.29) is 28.7 Å². The molecule has 0 spiro atoms. The van der Waals surface area contributed by atoms with E-state index in [0.717, 1.165) is 0 Å². The van der Waals surface area contributed by atoms with Crippen molar-refractivity contribution < 1.29 is 24.0 Å². The van der Waals surface area contributed by atoms with E-state index in [0.29, 0.717) is 5.06 Å². The van der Waals surface area contributed by atoms with Gasteiger partial charge in [-0.25, -0.2) is 9.78 Å². The molecule has 1 aromatic heterocycles. The summed E-state index contributed by atoms with van der Waals surface area (Å²) in [6.07, 6.45) is 1.27. The van der Waals surface area contributed by atoms with E-state index in [4.69, 9.17) is 9.57 Å². The number of aromatic nitrogens is 1. The van der Waals surface area contributed by atoms with Crippen LogP contribution in [0.2, 0.25) is 0 Å². The number of hydroxylamine groups is 2. The molecule has 1 aliphatic rings. The Morgan fingerprint density at radius 3 is 2.29 bits per heavy atom. The van der Waals surface area contributed by atoms with E-state index in [1.54, 1.807) is 12.1 Å². The highest BCUT2D eigenvalue weighted by molar-refractivity contribution is 6.21. The average Bonchev–Trinajstić information content (AvgIpc) is 2.80. The fourth-order valence-corrected chi connectivity index (χ4v) is 2.23. The molecule has 7 heteroatoms. The first-order valence-electron chi connectivity index (χ1n) is 7.30. The van der Waals surface area contributed by atoms with Crippen LogP contribution in [0.5, 0.6) is 5.88 Å². The van der Waals surface area contributed by atoms with E-state index in [1.165, 1.54) is 30.5 Å². The van der Waals surface area contributed by atoms with Crippen molar-refractivity contribution >= 4 is 17.8 Å². The Kier molecular flexibility index (Phi) is 3.99. The SMILES string of the molecule is CC(C)Oc1cc(C(=O)ON2C(=O)c3ccccc3C2=O)ccn1. The Hall–Kier alpha value is -3.22. The van der Waals surface area contributed by atoms with Gasteiger partial charge >= 0.3 is 5.97 Å². The van der Waals surface area contributed by atoms with Crippen molar-refractivity contribution in [3.63, 3.8) is 0 Å². The lowest BCUT2D eigenvalue weighted by atomic mass is 10.1. The predicted octanol–water partition coefficient (Wildman–Crippen LogP) is 2.24. The number of amides is 2. The van der Waals surface area contributed by atoms with Gasteiger partial charge in [0.1, 0.15) is 0 Å². The lowest BCUT2D eigenvalue weighted by Crippen LogP contribution is -2.32. The van der Waals surface area contributed by atoms with Crippen molar-refractivity contribution in [1.82, 2.24) is 10.0 Å². The van der Waals surface area contributed by atoms with Gasteiger partial charge in [-0.05, 0) is 32.0 Å². The summed E-state index contributed by atoms with van der Waals surface area (Å²) in [5.74, 6) is -1.93. The molecule has 0 N–H and O–H groups in total. The van der Waals surface area contributed by atoms with Crippen LogP contribution in [-0.4, -0.2) is 33.9 Å². The van der Waals surface area contributed by atoms with E-state index >= 15 is 0 Å². The molecular weight excluding hydrogens is 312 g/mol. The number of benzene rings is 1. The van der Waals surface area contributed by atoms with Crippen molar-refractivity contribution in [2.45, 2.75) is 20.0 Å². The first kappa shape index (κ1) is 15.7. The van der Waals surface area contributed by atoms with Gasteiger partial charge in [0.25, 0.3) is 11.8 Å². The monoisotopic (exact) mass is 326 g/mol. The maximum absolute atomic E-state index is 12.2. The first-order chi connectivity index (χ1) is 11.5. The quantitative estimate of drug-likeness (QED) is 0.801. The second-order valence-corrected chi connectivity index (χ2v) is 5.38. The predicted molar refractivity (Wildman–Crippen MR) is 82.4 cm³/mol. The Bertz CT molecular complexity index is 796. The molecule has 0 radical (unpaired) electrons. The molecule has 3 rings (SSSR count). The summed E-state index contributed by atoms with van der Waals surface area (Å²) in [6, 6.07) is 9.07. The summed E-state index contributed by atoms with van der Waals surface area (Å²) < 4.78 is 5.40. The van der Waals surface area contributed by atoms with Crippen LogP contribution in [-0.2, 0) is 4.84 Å². The second-order valence-electron chi connectivity index (χ2n) is 5.38. The minimum absolute atomic E-state index is 0.111. The largest absolute Gasteiger partial charge is 0.475 e. The molecule has 0 bridgehead atoms. The van der Waals surface area contributed by atoms with E-state index in [9.17, 15) is 14.4 Å². The van der Waals surface area contributed by atoms with Gasteiger partial charge in [-0.1, -0.05) is 17.2 Å². The van der Waals surface area contributed by atoms with Crippen molar-refractivity contribution in [3.8, 4) is 5.88 Å². The number of rotatable bonds is 4. The zero-order valence-electron chi connectivity index (χ0n) is 13.1. The highest BCUT2D eigenvalue weighted by Crippen LogP contribution is 2.23. The summed E-state index contributed by atoms with van der Waals surface area (Å²) in [6.45, 7) is 3.65. The molecule has 0 atom stereocenters. The number of pyridine rings is 1. The Morgan fingerprint density at radius 1 is 1.08 bits per heavy atom. The van der Waals surface area contributed by atoms with E-state index < -0.39 is 17.8 Å². The summed E-state index contributed by atoms with van der Waals surface area (Å²) in [7, 11) is 0. The van der Waals surface area contributed by atoms with Crippen molar-refractivity contribution in [2.75, 3.05) is 0 Å². The zero-order valence-corrected chi connectivity index (χ0v) is 13.1. The average molecular weight is 326 g/mol. The maximum Gasteiger partial charge on any atom is 0.364 e. The lowest BCUT2D eigenvalue weighted by molar-refractivity contribution is -0.0584. The van der Waals surface area contributed by atoms with Gasteiger partial charge in [0, 0.05) is 12.3 Å². The fourth-order valence-electron chi connectivity index (χ4n) is 2.23. The topological polar surface area (TPSA) is 85.8 Å². The maximum atomic E-state index is 12.2. The molecule has 0 fully saturated rings. The van der Waals surface area contributed by atoms with Gasteiger partial charge in [-0.3, -0.25) is 9.59 Å². The molecule has 0 unspecified atom stereocenters.